The number of aryl methyl sites for hydroxylation is 1. The van der Waals surface area contributed by atoms with Crippen molar-refractivity contribution < 1.29 is 18.7 Å². The second kappa shape index (κ2) is 10.3. The van der Waals surface area contributed by atoms with Crippen molar-refractivity contribution >= 4 is 29.1 Å². The van der Waals surface area contributed by atoms with Gasteiger partial charge in [-0.1, -0.05) is 41.4 Å². The fourth-order valence-corrected chi connectivity index (χ4v) is 4.36. The first-order valence-corrected chi connectivity index (χ1v) is 12.1. The van der Waals surface area contributed by atoms with Crippen LogP contribution in [0.4, 0.5) is 5.69 Å². The molecule has 0 radical (unpaired) electrons. The SMILES string of the molecule is Cc1cccc(C(=O)N2CCc3oc(-c4cccc(NC(=O)COc5ccc(Cl)cc5)c4)cc3C2)c1. The lowest BCUT2D eigenvalue weighted by Gasteiger charge is -2.26. The molecule has 6 nitrogen and oxygen atoms in total. The Morgan fingerprint density at radius 1 is 1.03 bits per heavy atom. The highest BCUT2D eigenvalue weighted by molar-refractivity contribution is 6.30. The van der Waals surface area contributed by atoms with Crippen molar-refractivity contribution in [3.05, 3.63) is 106 Å². The Balaban J connectivity index is 1.24. The summed E-state index contributed by atoms with van der Waals surface area (Å²) in [6.45, 7) is 2.98. The summed E-state index contributed by atoms with van der Waals surface area (Å²) in [7, 11) is 0. The normalized spacial score (nSPS) is 12.7. The highest BCUT2D eigenvalue weighted by atomic mass is 35.5. The zero-order valence-corrected chi connectivity index (χ0v) is 20.5. The predicted octanol–water partition coefficient (Wildman–Crippen LogP) is 6.12. The lowest BCUT2D eigenvalue weighted by atomic mass is 10.1. The number of carbonyl (C=O) groups is 2. The number of furan rings is 1. The number of anilines is 1. The minimum Gasteiger partial charge on any atom is -0.484 e. The summed E-state index contributed by atoms with van der Waals surface area (Å²) in [5.41, 5.74) is 4.25. The van der Waals surface area contributed by atoms with Crippen LogP contribution in [0.3, 0.4) is 0 Å². The van der Waals surface area contributed by atoms with Gasteiger partial charge in [-0.25, -0.2) is 0 Å². The van der Waals surface area contributed by atoms with Crippen LogP contribution >= 0.6 is 11.6 Å². The number of nitrogens with one attached hydrogen (secondary N) is 1. The van der Waals surface area contributed by atoms with Crippen LogP contribution < -0.4 is 10.1 Å². The number of halogens is 1. The fourth-order valence-electron chi connectivity index (χ4n) is 4.24. The van der Waals surface area contributed by atoms with E-state index in [1.165, 1.54) is 0 Å². The highest BCUT2D eigenvalue weighted by Gasteiger charge is 2.25. The number of benzene rings is 3. The van der Waals surface area contributed by atoms with E-state index in [-0.39, 0.29) is 18.4 Å². The first kappa shape index (κ1) is 23.7. The topological polar surface area (TPSA) is 71.8 Å². The summed E-state index contributed by atoms with van der Waals surface area (Å²) >= 11 is 5.87. The van der Waals surface area contributed by atoms with E-state index in [1.807, 2.05) is 66.4 Å². The molecule has 4 aromatic rings. The third kappa shape index (κ3) is 5.44. The lowest BCUT2D eigenvalue weighted by Crippen LogP contribution is -2.35. The smallest absolute Gasteiger partial charge is 0.262 e. The fraction of sp³-hybridized carbons (Fsp3) is 0.172. The van der Waals surface area contributed by atoms with Crippen LogP contribution in [0, 0.1) is 6.92 Å². The molecule has 0 saturated carbocycles. The third-order valence-electron chi connectivity index (χ3n) is 6.03. The predicted molar refractivity (Wildman–Crippen MR) is 139 cm³/mol. The van der Waals surface area contributed by atoms with E-state index in [1.54, 1.807) is 24.3 Å². The van der Waals surface area contributed by atoms with Gasteiger partial charge in [-0.3, -0.25) is 9.59 Å². The summed E-state index contributed by atoms with van der Waals surface area (Å²) in [5.74, 6) is 1.92. The molecule has 5 rings (SSSR count). The van der Waals surface area contributed by atoms with E-state index in [9.17, 15) is 9.59 Å². The molecule has 1 aliphatic rings. The van der Waals surface area contributed by atoms with Gasteiger partial charge in [-0.2, -0.15) is 0 Å². The van der Waals surface area contributed by atoms with Gasteiger partial charge in [0.2, 0.25) is 0 Å². The Bertz CT molecular complexity index is 1410. The number of amides is 2. The molecule has 2 heterocycles. The van der Waals surface area contributed by atoms with E-state index in [0.29, 0.717) is 47.3 Å². The first-order chi connectivity index (χ1) is 17.4. The molecule has 0 atom stereocenters. The van der Waals surface area contributed by atoms with Gasteiger partial charge in [-0.05, 0) is 61.5 Å². The van der Waals surface area contributed by atoms with Crippen molar-refractivity contribution in [1.29, 1.82) is 0 Å². The minimum absolute atomic E-state index is 0.0256. The largest absolute Gasteiger partial charge is 0.484 e. The molecular formula is C29H25ClN2O4. The van der Waals surface area contributed by atoms with Crippen molar-refractivity contribution in [3.8, 4) is 17.1 Å². The molecule has 0 fully saturated rings. The van der Waals surface area contributed by atoms with E-state index in [0.717, 1.165) is 22.5 Å². The van der Waals surface area contributed by atoms with Gasteiger partial charge < -0.3 is 19.4 Å². The van der Waals surface area contributed by atoms with Gasteiger partial charge >= 0.3 is 0 Å². The van der Waals surface area contributed by atoms with E-state index in [4.69, 9.17) is 20.8 Å². The van der Waals surface area contributed by atoms with Crippen molar-refractivity contribution in [2.75, 3.05) is 18.5 Å². The van der Waals surface area contributed by atoms with Gasteiger partial charge in [0.25, 0.3) is 11.8 Å². The van der Waals surface area contributed by atoms with E-state index < -0.39 is 0 Å². The summed E-state index contributed by atoms with van der Waals surface area (Å²) in [6.07, 6.45) is 0.658. The molecule has 2 amide bonds. The Morgan fingerprint density at radius 2 is 1.83 bits per heavy atom. The zero-order chi connectivity index (χ0) is 25.1. The van der Waals surface area contributed by atoms with Crippen LogP contribution in [-0.4, -0.2) is 29.9 Å². The molecule has 0 bridgehead atoms. The van der Waals surface area contributed by atoms with Crippen LogP contribution in [0.5, 0.6) is 5.75 Å². The zero-order valence-electron chi connectivity index (χ0n) is 19.8. The van der Waals surface area contributed by atoms with Crippen LogP contribution in [-0.2, 0) is 17.8 Å². The van der Waals surface area contributed by atoms with Crippen LogP contribution in [0.15, 0.2) is 83.3 Å². The van der Waals surface area contributed by atoms with Crippen molar-refractivity contribution in [1.82, 2.24) is 4.90 Å². The number of nitrogens with zero attached hydrogens (tertiary/aromatic N) is 1. The van der Waals surface area contributed by atoms with Crippen molar-refractivity contribution in [2.24, 2.45) is 0 Å². The van der Waals surface area contributed by atoms with Gasteiger partial charge in [0, 0.05) is 46.9 Å². The Hall–Kier alpha value is -4.03. The average molecular weight is 501 g/mol. The van der Waals surface area contributed by atoms with Crippen molar-refractivity contribution in [3.63, 3.8) is 0 Å². The maximum Gasteiger partial charge on any atom is 0.262 e. The first-order valence-electron chi connectivity index (χ1n) is 11.7. The van der Waals surface area contributed by atoms with Crippen LogP contribution in [0.1, 0.15) is 27.2 Å². The molecule has 0 unspecified atom stereocenters. The molecule has 36 heavy (non-hydrogen) atoms. The second-order valence-electron chi connectivity index (χ2n) is 8.78. The van der Waals surface area contributed by atoms with E-state index in [2.05, 4.69) is 5.32 Å². The number of hydrogen-bond acceptors (Lipinski definition) is 4. The lowest BCUT2D eigenvalue weighted by molar-refractivity contribution is -0.118. The number of carbonyl (C=O) groups excluding carboxylic acids is 2. The van der Waals surface area contributed by atoms with Crippen LogP contribution in [0.2, 0.25) is 5.02 Å². The summed E-state index contributed by atoms with van der Waals surface area (Å²) < 4.78 is 11.6. The molecule has 1 N–H and O–H groups in total. The maximum absolute atomic E-state index is 13.0. The van der Waals surface area contributed by atoms with Gasteiger partial charge in [0.1, 0.15) is 17.3 Å². The molecule has 0 spiro atoms. The van der Waals surface area contributed by atoms with Gasteiger partial charge in [0.05, 0.1) is 0 Å². The second-order valence-corrected chi connectivity index (χ2v) is 9.21. The number of fused-ring (bicyclic) bond motifs is 1. The molecule has 0 aliphatic carbocycles. The molecule has 1 aromatic heterocycles. The molecule has 0 saturated heterocycles. The average Bonchev–Trinajstić information content (AvgIpc) is 3.32. The molecule has 182 valence electrons. The number of hydrogen-bond donors (Lipinski definition) is 1. The van der Waals surface area contributed by atoms with E-state index >= 15 is 0 Å². The Kier molecular flexibility index (Phi) is 6.78. The van der Waals surface area contributed by atoms with Gasteiger partial charge in [0.15, 0.2) is 6.61 Å². The molecular weight excluding hydrogens is 476 g/mol. The molecule has 3 aromatic carbocycles. The monoisotopic (exact) mass is 500 g/mol. The minimum atomic E-state index is -0.272. The number of ether oxygens (including phenoxy) is 1. The molecule has 1 aliphatic heterocycles. The molecule has 7 heteroatoms. The Morgan fingerprint density at radius 3 is 2.64 bits per heavy atom. The third-order valence-corrected chi connectivity index (χ3v) is 6.29. The maximum atomic E-state index is 13.0. The standard InChI is InChI=1S/C29H25ClN2O4/c1-19-4-2-6-21(14-19)29(34)32-13-12-26-22(17-32)16-27(36-26)20-5-3-7-24(15-20)31-28(33)18-35-25-10-8-23(30)9-11-25/h2-11,14-16H,12-13,17-18H2,1H3,(H,31,33). The summed E-state index contributed by atoms with van der Waals surface area (Å²) in [5, 5.41) is 3.46. The van der Waals surface area contributed by atoms with Crippen molar-refractivity contribution in [2.45, 2.75) is 19.9 Å². The quantitative estimate of drug-likeness (QED) is 0.346. The summed E-state index contributed by atoms with van der Waals surface area (Å²) in [6, 6.07) is 23.9. The number of rotatable bonds is 6. The highest BCUT2D eigenvalue weighted by Crippen LogP contribution is 2.31. The van der Waals surface area contributed by atoms with Crippen LogP contribution in [0.25, 0.3) is 11.3 Å². The van der Waals surface area contributed by atoms with Gasteiger partial charge in [-0.15, -0.1) is 0 Å². The Labute approximate surface area is 214 Å². The summed E-state index contributed by atoms with van der Waals surface area (Å²) in [4.78, 5) is 27.2.